The zero-order valence-electron chi connectivity index (χ0n) is 12.1. The van der Waals surface area contributed by atoms with Gasteiger partial charge in [-0.3, -0.25) is 4.79 Å². The molecular weight excluding hydrogens is 252 g/mol. The molecule has 1 heterocycles. The SMILES string of the molecule is CN(Cc1ccc(O)cc1)C(=O)CCC1CCNCC1. The van der Waals surface area contributed by atoms with Crippen molar-refractivity contribution in [3.63, 3.8) is 0 Å². The maximum Gasteiger partial charge on any atom is 0.222 e. The van der Waals surface area contributed by atoms with Crippen molar-refractivity contribution in [3.05, 3.63) is 29.8 Å². The van der Waals surface area contributed by atoms with Crippen LogP contribution in [-0.2, 0) is 11.3 Å². The van der Waals surface area contributed by atoms with Crippen LogP contribution in [0.1, 0.15) is 31.2 Å². The Balaban J connectivity index is 1.75. The Kier molecular flexibility index (Phi) is 5.41. The first-order chi connectivity index (χ1) is 9.65. The minimum absolute atomic E-state index is 0.205. The van der Waals surface area contributed by atoms with Gasteiger partial charge in [0.05, 0.1) is 0 Å². The van der Waals surface area contributed by atoms with Crippen molar-refractivity contribution in [1.82, 2.24) is 10.2 Å². The molecule has 0 aliphatic carbocycles. The van der Waals surface area contributed by atoms with Gasteiger partial charge in [0.2, 0.25) is 5.91 Å². The minimum Gasteiger partial charge on any atom is -0.508 e. The van der Waals surface area contributed by atoms with E-state index in [2.05, 4.69) is 5.32 Å². The van der Waals surface area contributed by atoms with Gasteiger partial charge >= 0.3 is 0 Å². The van der Waals surface area contributed by atoms with Gasteiger partial charge < -0.3 is 15.3 Å². The van der Waals surface area contributed by atoms with Crippen molar-refractivity contribution in [1.29, 1.82) is 0 Å². The van der Waals surface area contributed by atoms with Gasteiger partial charge in [-0.2, -0.15) is 0 Å². The van der Waals surface area contributed by atoms with E-state index in [-0.39, 0.29) is 11.7 Å². The predicted molar refractivity (Wildman–Crippen MR) is 79.4 cm³/mol. The van der Waals surface area contributed by atoms with Crippen LogP contribution in [0, 0.1) is 5.92 Å². The van der Waals surface area contributed by atoms with E-state index in [0.29, 0.717) is 18.9 Å². The lowest BCUT2D eigenvalue weighted by atomic mass is 9.93. The monoisotopic (exact) mass is 276 g/mol. The van der Waals surface area contributed by atoms with Crippen LogP contribution >= 0.6 is 0 Å². The Morgan fingerprint density at radius 1 is 1.30 bits per heavy atom. The number of hydrogen-bond donors (Lipinski definition) is 2. The molecule has 1 saturated heterocycles. The number of nitrogens with zero attached hydrogens (tertiary/aromatic N) is 1. The number of benzene rings is 1. The molecule has 0 aromatic heterocycles. The summed E-state index contributed by atoms with van der Waals surface area (Å²) in [5.74, 6) is 1.16. The van der Waals surface area contributed by atoms with Crippen LogP contribution in [0.25, 0.3) is 0 Å². The van der Waals surface area contributed by atoms with Crippen LogP contribution in [0.15, 0.2) is 24.3 Å². The highest BCUT2D eigenvalue weighted by molar-refractivity contribution is 5.75. The number of aromatic hydroxyl groups is 1. The standard InChI is InChI=1S/C16H24N2O2/c1-18(12-14-2-5-15(19)6-3-14)16(20)7-4-13-8-10-17-11-9-13/h2-3,5-6,13,17,19H,4,7-12H2,1H3. The van der Waals surface area contributed by atoms with Crippen molar-refractivity contribution in [2.75, 3.05) is 20.1 Å². The molecule has 0 radical (unpaired) electrons. The van der Waals surface area contributed by atoms with Crippen LogP contribution in [0.5, 0.6) is 5.75 Å². The zero-order valence-corrected chi connectivity index (χ0v) is 12.1. The molecule has 2 N–H and O–H groups in total. The number of hydrogen-bond acceptors (Lipinski definition) is 3. The Bertz CT molecular complexity index is 425. The van der Waals surface area contributed by atoms with Crippen molar-refractivity contribution in [2.24, 2.45) is 5.92 Å². The highest BCUT2D eigenvalue weighted by atomic mass is 16.3. The molecule has 20 heavy (non-hydrogen) atoms. The van der Waals surface area contributed by atoms with Crippen molar-refractivity contribution < 1.29 is 9.90 Å². The molecule has 110 valence electrons. The molecule has 0 unspecified atom stereocenters. The Morgan fingerprint density at radius 3 is 2.60 bits per heavy atom. The third-order valence-electron chi connectivity index (χ3n) is 4.01. The summed E-state index contributed by atoms with van der Waals surface area (Å²) in [7, 11) is 1.84. The van der Waals surface area contributed by atoms with Gasteiger partial charge in [-0.25, -0.2) is 0 Å². The van der Waals surface area contributed by atoms with Gasteiger partial charge in [-0.1, -0.05) is 12.1 Å². The van der Waals surface area contributed by atoms with Gasteiger partial charge in [0.15, 0.2) is 0 Å². The number of carbonyl (C=O) groups is 1. The Morgan fingerprint density at radius 2 is 1.95 bits per heavy atom. The topological polar surface area (TPSA) is 52.6 Å². The van der Waals surface area contributed by atoms with E-state index < -0.39 is 0 Å². The second kappa shape index (κ2) is 7.29. The molecule has 0 spiro atoms. The molecule has 4 nitrogen and oxygen atoms in total. The van der Waals surface area contributed by atoms with Gasteiger partial charge in [-0.15, -0.1) is 0 Å². The molecule has 1 aliphatic heterocycles. The van der Waals surface area contributed by atoms with Crippen molar-refractivity contribution >= 4 is 5.91 Å². The number of rotatable bonds is 5. The zero-order chi connectivity index (χ0) is 14.4. The van der Waals surface area contributed by atoms with E-state index in [1.165, 1.54) is 12.8 Å². The van der Waals surface area contributed by atoms with Crippen LogP contribution in [0.4, 0.5) is 0 Å². The van der Waals surface area contributed by atoms with E-state index in [1.807, 2.05) is 19.2 Å². The third kappa shape index (κ3) is 4.53. The van der Waals surface area contributed by atoms with Crippen molar-refractivity contribution in [2.45, 2.75) is 32.2 Å². The molecule has 1 aromatic carbocycles. The van der Waals surface area contributed by atoms with Crippen LogP contribution in [0.3, 0.4) is 0 Å². The third-order valence-corrected chi connectivity index (χ3v) is 4.01. The second-order valence-corrected chi connectivity index (χ2v) is 5.65. The maximum atomic E-state index is 12.1. The summed E-state index contributed by atoms with van der Waals surface area (Å²) < 4.78 is 0. The quantitative estimate of drug-likeness (QED) is 0.866. The molecule has 2 rings (SSSR count). The van der Waals surface area contributed by atoms with Crippen molar-refractivity contribution in [3.8, 4) is 5.75 Å². The number of carbonyl (C=O) groups excluding carboxylic acids is 1. The number of amides is 1. The van der Waals surface area contributed by atoms with Crippen LogP contribution < -0.4 is 5.32 Å². The fraction of sp³-hybridized carbons (Fsp3) is 0.562. The molecule has 4 heteroatoms. The summed E-state index contributed by atoms with van der Waals surface area (Å²) in [5.41, 5.74) is 1.04. The molecular formula is C16H24N2O2. The molecule has 1 aromatic rings. The number of piperidine rings is 1. The molecule has 1 aliphatic rings. The van der Waals surface area contributed by atoms with E-state index in [9.17, 15) is 9.90 Å². The summed E-state index contributed by atoms with van der Waals surface area (Å²) in [6.07, 6.45) is 4.02. The first kappa shape index (κ1) is 14.9. The Hall–Kier alpha value is -1.55. The Labute approximate surface area is 120 Å². The minimum atomic E-state index is 0.205. The van der Waals surface area contributed by atoms with E-state index >= 15 is 0 Å². The molecule has 0 saturated carbocycles. The molecule has 1 fully saturated rings. The number of phenols is 1. The second-order valence-electron chi connectivity index (χ2n) is 5.65. The van der Waals surface area contributed by atoms with Crippen LogP contribution in [-0.4, -0.2) is 36.1 Å². The van der Waals surface area contributed by atoms with E-state index in [4.69, 9.17) is 0 Å². The largest absolute Gasteiger partial charge is 0.508 e. The van der Waals surface area contributed by atoms with Gasteiger partial charge in [0, 0.05) is 20.0 Å². The lowest BCUT2D eigenvalue weighted by Crippen LogP contribution is -2.30. The van der Waals surface area contributed by atoms with E-state index in [0.717, 1.165) is 25.1 Å². The average molecular weight is 276 g/mol. The summed E-state index contributed by atoms with van der Waals surface area (Å²) >= 11 is 0. The van der Waals surface area contributed by atoms with Gasteiger partial charge in [0.25, 0.3) is 0 Å². The lowest BCUT2D eigenvalue weighted by Gasteiger charge is -2.23. The van der Waals surface area contributed by atoms with Gasteiger partial charge in [0.1, 0.15) is 5.75 Å². The normalized spacial score (nSPS) is 16.1. The summed E-state index contributed by atoms with van der Waals surface area (Å²) in [4.78, 5) is 13.9. The number of nitrogens with one attached hydrogen (secondary N) is 1. The first-order valence-corrected chi connectivity index (χ1v) is 7.38. The van der Waals surface area contributed by atoms with Crippen LogP contribution in [0.2, 0.25) is 0 Å². The summed E-state index contributed by atoms with van der Waals surface area (Å²) in [6.45, 7) is 2.77. The number of phenolic OH excluding ortho intramolecular Hbond substituents is 1. The maximum absolute atomic E-state index is 12.1. The fourth-order valence-electron chi connectivity index (χ4n) is 2.65. The van der Waals surface area contributed by atoms with E-state index in [1.54, 1.807) is 17.0 Å². The molecule has 0 bridgehead atoms. The van der Waals surface area contributed by atoms with Gasteiger partial charge in [-0.05, 0) is 56.0 Å². The summed E-state index contributed by atoms with van der Waals surface area (Å²) in [5, 5.41) is 12.6. The molecule has 0 atom stereocenters. The fourth-order valence-corrected chi connectivity index (χ4v) is 2.65. The predicted octanol–water partition coefficient (Wildman–Crippen LogP) is 2.13. The highest BCUT2D eigenvalue weighted by Crippen LogP contribution is 2.18. The average Bonchev–Trinajstić information content (AvgIpc) is 2.48. The first-order valence-electron chi connectivity index (χ1n) is 7.38. The smallest absolute Gasteiger partial charge is 0.222 e. The summed E-state index contributed by atoms with van der Waals surface area (Å²) in [6, 6.07) is 7.02. The highest BCUT2D eigenvalue weighted by Gasteiger charge is 2.16. The molecule has 1 amide bonds. The lowest BCUT2D eigenvalue weighted by molar-refractivity contribution is -0.130.